The van der Waals surface area contributed by atoms with Gasteiger partial charge >= 0.3 is 8.56 Å². The smallest absolute Gasteiger partial charge is 0.346 e. The topological polar surface area (TPSA) is 18.5 Å². The summed E-state index contributed by atoms with van der Waals surface area (Å²) in [7, 11) is -2.03. The van der Waals surface area contributed by atoms with Crippen LogP contribution < -0.4 is 0 Å². The predicted octanol–water partition coefficient (Wildman–Crippen LogP) is 2.40. The molecule has 0 aromatic heterocycles. The van der Waals surface area contributed by atoms with Crippen molar-refractivity contribution in [2.45, 2.75) is 12.1 Å². The second-order valence-corrected chi connectivity index (χ2v) is 6.20. The molecule has 0 aliphatic carbocycles. The van der Waals surface area contributed by atoms with E-state index in [2.05, 4.69) is 13.2 Å². The molecule has 2 nitrogen and oxygen atoms in total. The average molecular weight is 196 g/mol. The molecule has 0 unspecified atom stereocenters. The molecule has 1 aliphatic rings. The highest BCUT2D eigenvalue weighted by atomic mass is 28.4. The highest BCUT2D eigenvalue weighted by Crippen LogP contribution is 2.21. The van der Waals surface area contributed by atoms with Gasteiger partial charge in [0.1, 0.15) is 0 Å². The first-order valence-electron chi connectivity index (χ1n) is 4.48. The summed E-state index contributed by atoms with van der Waals surface area (Å²) in [6.45, 7) is 8.79. The lowest BCUT2D eigenvalue weighted by atomic mass is 10.5. The first-order valence-corrected chi connectivity index (χ1v) is 6.71. The van der Waals surface area contributed by atoms with Gasteiger partial charge in [0.25, 0.3) is 0 Å². The van der Waals surface area contributed by atoms with Crippen LogP contribution in [0.5, 0.6) is 0 Å². The Labute approximate surface area is 80.8 Å². The Morgan fingerprint density at radius 1 is 1.08 bits per heavy atom. The summed E-state index contributed by atoms with van der Waals surface area (Å²) in [6.07, 6.45) is 7.75. The average Bonchev–Trinajstić information content (AvgIpc) is 2.32. The van der Waals surface area contributed by atoms with E-state index < -0.39 is 8.56 Å². The zero-order valence-electron chi connectivity index (χ0n) is 7.87. The van der Waals surface area contributed by atoms with E-state index in [0.29, 0.717) is 13.2 Å². The fourth-order valence-electron chi connectivity index (χ4n) is 1.34. The molecule has 0 bridgehead atoms. The Kier molecular flexibility index (Phi) is 4.15. The first kappa shape index (κ1) is 10.4. The lowest BCUT2D eigenvalue weighted by Gasteiger charge is -2.26. The van der Waals surface area contributed by atoms with E-state index in [-0.39, 0.29) is 0 Å². The summed E-state index contributed by atoms with van der Waals surface area (Å²) in [4.78, 5) is 0. The van der Waals surface area contributed by atoms with Gasteiger partial charge in [0.15, 0.2) is 0 Å². The third-order valence-electron chi connectivity index (χ3n) is 1.96. The van der Waals surface area contributed by atoms with Crippen LogP contribution in [0, 0.1) is 0 Å². The molecule has 0 N–H and O–H groups in total. The van der Waals surface area contributed by atoms with Gasteiger partial charge < -0.3 is 8.85 Å². The minimum atomic E-state index is -2.03. The van der Waals surface area contributed by atoms with E-state index in [1.807, 2.05) is 24.3 Å². The molecular formula is C10H16O2Si. The van der Waals surface area contributed by atoms with Crippen molar-refractivity contribution in [3.63, 3.8) is 0 Å². The van der Waals surface area contributed by atoms with Gasteiger partial charge in [-0.2, -0.15) is 0 Å². The molecule has 0 fully saturated rings. The van der Waals surface area contributed by atoms with Crippen LogP contribution in [0.3, 0.4) is 0 Å². The Morgan fingerprint density at radius 3 is 1.92 bits per heavy atom. The number of allylic oxidation sites excluding steroid dienone is 2. The van der Waals surface area contributed by atoms with Gasteiger partial charge in [-0.1, -0.05) is 24.3 Å². The van der Waals surface area contributed by atoms with E-state index >= 15 is 0 Å². The molecule has 0 spiro atoms. The van der Waals surface area contributed by atoms with Crippen molar-refractivity contribution < 1.29 is 8.85 Å². The van der Waals surface area contributed by atoms with Gasteiger partial charge in [-0.25, -0.2) is 0 Å². The van der Waals surface area contributed by atoms with E-state index in [4.69, 9.17) is 8.85 Å². The second-order valence-electron chi connectivity index (χ2n) is 2.99. The third kappa shape index (κ3) is 2.95. The van der Waals surface area contributed by atoms with Crippen LogP contribution >= 0.6 is 0 Å². The number of hydrogen-bond acceptors (Lipinski definition) is 2. The summed E-state index contributed by atoms with van der Waals surface area (Å²) in [5.74, 6) is 0. The Bertz CT molecular complexity index is 189. The molecule has 1 heterocycles. The van der Waals surface area contributed by atoms with Crippen LogP contribution in [0.4, 0.5) is 0 Å². The minimum absolute atomic E-state index is 0.661. The molecule has 0 aromatic rings. The van der Waals surface area contributed by atoms with Crippen molar-refractivity contribution in [2.24, 2.45) is 0 Å². The summed E-state index contributed by atoms with van der Waals surface area (Å²) in [6, 6.07) is 1.67. The lowest BCUT2D eigenvalue weighted by Crippen LogP contribution is -2.40. The molecule has 72 valence electrons. The number of rotatable bonds is 4. The zero-order chi connectivity index (χ0) is 9.57. The Morgan fingerprint density at radius 2 is 1.54 bits per heavy atom. The number of hydrogen-bond donors (Lipinski definition) is 0. The maximum atomic E-state index is 5.76. The predicted molar refractivity (Wildman–Crippen MR) is 56.8 cm³/mol. The fourth-order valence-corrected chi connectivity index (χ4v) is 3.74. The van der Waals surface area contributed by atoms with Crippen LogP contribution in [-0.2, 0) is 8.85 Å². The highest BCUT2D eigenvalue weighted by Gasteiger charge is 2.35. The van der Waals surface area contributed by atoms with E-state index in [9.17, 15) is 0 Å². The molecule has 0 aromatic carbocycles. The van der Waals surface area contributed by atoms with Crippen molar-refractivity contribution in [1.29, 1.82) is 0 Å². The summed E-state index contributed by atoms with van der Waals surface area (Å²) < 4.78 is 11.5. The van der Waals surface area contributed by atoms with Crippen molar-refractivity contribution in [2.75, 3.05) is 13.2 Å². The van der Waals surface area contributed by atoms with Crippen molar-refractivity contribution in [3.8, 4) is 0 Å². The molecule has 1 rings (SSSR count). The quantitative estimate of drug-likeness (QED) is 0.508. The van der Waals surface area contributed by atoms with Crippen LogP contribution in [0.2, 0.25) is 12.1 Å². The molecule has 0 saturated heterocycles. The molecule has 0 radical (unpaired) electrons. The van der Waals surface area contributed by atoms with Crippen LogP contribution in [0.1, 0.15) is 0 Å². The second kappa shape index (κ2) is 5.17. The van der Waals surface area contributed by atoms with E-state index in [1.165, 1.54) is 0 Å². The molecule has 0 amide bonds. The van der Waals surface area contributed by atoms with Crippen LogP contribution in [-0.4, -0.2) is 21.8 Å². The minimum Gasteiger partial charge on any atom is -0.390 e. The van der Waals surface area contributed by atoms with Crippen molar-refractivity contribution in [3.05, 3.63) is 37.5 Å². The van der Waals surface area contributed by atoms with Gasteiger partial charge in [0.05, 0.1) is 13.2 Å². The SMILES string of the molecule is C=CC[Si]1(CC=C)OCC=CCO1. The highest BCUT2D eigenvalue weighted by molar-refractivity contribution is 6.68. The third-order valence-corrected chi connectivity index (χ3v) is 5.17. The summed E-state index contributed by atoms with van der Waals surface area (Å²) >= 11 is 0. The monoisotopic (exact) mass is 196 g/mol. The summed E-state index contributed by atoms with van der Waals surface area (Å²) in [5, 5.41) is 0. The van der Waals surface area contributed by atoms with Gasteiger partial charge in [-0.05, 0) is 0 Å². The first-order chi connectivity index (χ1) is 6.33. The summed E-state index contributed by atoms with van der Waals surface area (Å²) in [5.41, 5.74) is 0. The van der Waals surface area contributed by atoms with Gasteiger partial charge in [-0.15, -0.1) is 13.2 Å². The largest absolute Gasteiger partial charge is 0.390 e. The molecule has 3 heteroatoms. The fraction of sp³-hybridized carbons (Fsp3) is 0.400. The van der Waals surface area contributed by atoms with Gasteiger partial charge in [0.2, 0.25) is 0 Å². The molecule has 1 aliphatic heterocycles. The van der Waals surface area contributed by atoms with Gasteiger partial charge in [0, 0.05) is 12.1 Å². The molecular weight excluding hydrogens is 180 g/mol. The maximum Gasteiger partial charge on any atom is 0.346 e. The molecule has 0 saturated carbocycles. The maximum absolute atomic E-state index is 5.76. The van der Waals surface area contributed by atoms with Crippen LogP contribution in [0.25, 0.3) is 0 Å². The van der Waals surface area contributed by atoms with E-state index in [0.717, 1.165) is 12.1 Å². The molecule has 13 heavy (non-hydrogen) atoms. The standard InChI is InChI=1S/C10H16O2Si/c1-3-9-13(10-4-2)11-7-5-6-8-12-13/h3-6H,1-2,7-10H2. The molecule has 0 atom stereocenters. The zero-order valence-corrected chi connectivity index (χ0v) is 8.87. The Balaban J connectivity index is 2.63. The lowest BCUT2D eigenvalue weighted by molar-refractivity contribution is 0.216. The Hall–Kier alpha value is -0.643. The van der Waals surface area contributed by atoms with Gasteiger partial charge in [-0.3, -0.25) is 0 Å². The normalized spacial score (nSPS) is 20.6. The van der Waals surface area contributed by atoms with Crippen molar-refractivity contribution >= 4 is 8.56 Å². The van der Waals surface area contributed by atoms with Crippen LogP contribution in [0.15, 0.2) is 37.5 Å². The van der Waals surface area contributed by atoms with Crippen molar-refractivity contribution in [1.82, 2.24) is 0 Å². The van der Waals surface area contributed by atoms with E-state index in [1.54, 1.807) is 0 Å².